The van der Waals surface area contributed by atoms with Crippen molar-refractivity contribution in [3.63, 3.8) is 0 Å². The summed E-state index contributed by atoms with van der Waals surface area (Å²) < 4.78 is 0. The third-order valence-electron chi connectivity index (χ3n) is 2.16. The number of hydrogen-bond acceptors (Lipinski definition) is 5. The van der Waals surface area contributed by atoms with Gasteiger partial charge >= 0.3 is 8.60 Å². The van der Waals surface area contributed by atoms with E-state index in [0.717, 1.165) is 25.7 Å². The quantitative estimate of drug-likeness (QED) is 0.442. The van der Waals surface area contributed by atoms with Crippen LogP contribution >= 0.6 is 8.60 Å². The Labute approximate surface area is 92.4 Å². The molecule has 5 nitrogen and oxygen atoms in total. The van der Waals surface area contributed by atoms with Crippen molar-refractivity contribution in [2.75, 3.05) is 6.61 Å². The van der Waals surface area contributed by atoms with E-state index >= 15 is 0 Å². The molecule has 15 heavy (non-hydrogen) atoms. The zero-order chi connectivity index (χ0) is 12.3. The zero-order valence-corrected chi connectivity index (χ0v) is 10.3. The highest BCUT2D eigenvalue weighted by Gasteiger charge is 2.14. The fourth-order valence-electron chi connectivity index (χ4n) is 1.17. The van der Waals surface area contributed by atoms with E-state index in [1.165, 1.54) is 0 Å². The van der Waals surface area contributed by atoms with Gasteiger partial charge in [0.2, 0.25) is 0 Å². The zero-order valence-electron chi connectivity index (χ0n) is 9.37. The Morgan fingerprint density at radius 2 is 1.60 bits per heavy atom. The second-order valence-electron chi connectivity index (χ2n) is 3.33. The minimum absolute atomic E-state index is 0.0848. The molecule has 0 saturated carbocycles. The highest BCUT2D eigenvalue weighted by molar-refractivity contribution is 7.38. The molecule has 0 aliphatic carbocycles. The van der Waals surface area contributed by atoms with Gasteiger partial charge in [-0.3, -0.25) is 0 Å². The van der Waals surface area contributed by atoms with Crippen LogP contribution in [0.25, 0.3) is 0 Å². The molecule has 5 N–H and O–H groups in total. The van der Waals surface area contributed by atoms with Crippen molar-refractivity contribution in [3.8, 4) is 0 Å². The van der Waals surface area contributed by atoms with Crippen LogP contribution in [0, 0.1) is 5.92 Å². The molecule has 0 rings (SSSR count). The molecule has 0 aromatic heterocycles. The summed E-state index contributed by atoms with van der Waals surface area (Å²) in [7, 11) is -2.62. The molecule has 0 fully saturated rings. The standard InChI is InChI=1S/C9H20O2.H3O3P/c1-3-5-6-9(11)8(4-2)7-10;1-4(2)3/h8-11H,3-7H2,1-2H3;1-3H. The Hall–Kier alpha value is 0.230. The van der Waals surface area contributed by atoms with Gasteiger partial charge in [0.15, 0.2) is 0 Å². The van der Waals surface area contributed by atoms with Crippen molar-refractivity contribution in [2.45, 2.75) is 45.6 Å². The highest BCUT2D eigenvalue weighted by Crippen LogP contribution is 2.13. The Morgan fingerprint density at radius 3 is 1.87 bits per heavy atom. The first kappa shape index (κ1) is 17.6. The smallest absolute Gasteiger partial charge is 0.324 e. The number of hydrogen-bond donors (Lipinski definition) is 5. The minimum Gasteiger partial charge on any atom is -0.396 e. The van der Waals surface area contributed by atoms with Crippen molar-refractivity contribution in [1.29, 1.82) is 0 Å². The van der Waals surface area contributed by atoms with Gasteiger partial charge in [0, 0.05) is 12.5 Å². The average molecular weight is 242 g/mol. The Morgan fingerprint density at radius 1 is 1.13 bits per heavy atom. The van der Waals surface area contributed by atoms with Gasteiger partial charge in [-0.2, -0.15) is 0 Å². The number of aliphatic hydroxyl groups is 2. The van der Waals surface area contributed by atoms with Crippen LogP contribution in [0.3, 0.4) is 0 Å². The predicted octanol–water partition coefficient (Wildman–Crippen LogP) is 0.746. The highest BCUT2D eigenvalue weighted by atomic mass is 31.2. The number of aliphatic hydroxyl groups excluding tert-OH is 2. The summed E-state index contributed by atoms with van der Waals surface area (Å²) in [6.45, 7) is 4.21. The molecule has 2 unspecified atom stereocenters. The first-order valence-electron chi connectivity index (χ1n) is 5.15. The van der Waals surface area contributed by atoms with E-state index in [2.05, 4.69) is 6.92 Å². The van der Waals surface area contributed by atoms with Crippen LogP contribution in [0.1, 0.15) is 39.5 Å². The summed E-state index contributed by atoms with van der Waals surface area (Å²) in [5.41, 5.74) is 0. The second kappa shape index (κ2) is 12.3. The molecule has 0 heterocycles. The second-order valence-corrected chi connectivity index (χ2v) is 3.87. The van der Waals surface area contributed by atoms with Crippen molar-refractivity contribution >= 4 is 8.60 Å². The molecule has 0 bridgehead atoms. The normalized spacial score (nSPS) is 14.4. The molecular formula is C9H23O5P. The maximum atomic E-state index is 9.48. The molecule has 2 atom stereocenters. The summed E-state index contributed by atoms with van der Waals surface area (Å²) in [5, 5.41) is 18.3. The SMILES string of the molecule is CCCCC(O)C(CC)CO.OP(O)O. The van der Waals surface area contributed by atoms with E-state index < -0.39 is 8.60 Å². The predicted molar refractivity (Wildman–Crippen MR) is 60.0 cm³/mol. The van der Waals surface area contributed by atoms with Gasteiger partial charge in [-0.1, -0.05) is 26.7 Å². The van der Waals surface area contributed by atoms with Crippen LogP contribution in [-0.4, -0.2) is 37.6 Å². The average Bonchev–Trinajstić information content (AvgIpc) is 2.15. The van der Waals surface area contributed by atoms with Gasteiger partial charge < -0.3 is 24.9 Å². The lowest BCUT2D eigenvalue weighted by Crippen LogP contribution is -2.22. The van der Waals surface area contributed by atoms with Crippen LogP contribution in [0.4, 0.5) is 0 Å². The molecule has 0 amide bonds. The van der Waals surface area contributed by atoms with E-state index in [4.69, 9.17) is 19.8 Å². The van der Waals surface area contributed by atoms with Crippen LogP contribution in [-0.2, 0) is 0 Å². The van der Waals surface area contributed by atoms with Gasteiger partial charge in [-0.15, -0.1) is 0 Å². The molecule has 0 spiro atoms. The summed E-state index contributed by atoms with van der Waals surface area (Å²) in [5.74, 6) is 0.0848. The molecule has 0 aromatic rings. The lowest BCUT2D eigenvalue weighted by atomic mass is 9.96. The lowest BCUT2D eigenvalue weighted by molar-refractivity contribution is 0.0573. The van der Waals surface area contributed by atoms with Gasteiger partial charge in [0.05, 0.1) is 6.10 Å². The number of unbranched alkanes of at least 4 members (excludes halogenated alkanes) is 1. The van der Waals surface area contributed by atoms with Gasteiger partial charge in [0.1, 0.15) is 0 Å². The molecule has 0 saturated heterocycles. The molecule has 0 aliphatic rings. The maximum Gasteiger partial charge on any atom is 0.324 e. The van der Waals surface area contributed by atoms with Gasteiger partial charge in [-0.05, 0) is 12.8 Å². The monoisotopic (exact) mass is 242 g/mol. The van der Waals surface area contributed by atoms with Gasteiger partial charge in [-0.25, -0.2) is 0 Å². The molecule has 0 aliphatic heterocycles. The molecule has 0 aromatic carbocycles. The fraction of sp³-hybridized carbons (Fsp3) is 1.00. The summed E-state index contributed by atoms with van der Waals surface area (Å²) >= 11 is 0. The van der Waals surface area contributed by atoms with Crippen molar-refractivity contribution in [1.82, 2.24) is 0 Å². The maximum absolute atomic E-state index is 9.48. The third-order valence-corrected chi connectivity index (χ3v) is 2.16. The summed E-state index contributed by atoms with van der Waals surface area (Å²) in [6, 6.07) is 0. The number of rotatable bonds is 6. The fourth-order valence-corrected chi connectivity index (χ4v) is 1.17. The van der Waals surface area contributed by atoms with E-state index in [9.17, 15) is 5.11 Å². The van der Waals surface area contributed by atoms with E-state index in [1.807, 2.05) is 6.92 Å². The largest absolute Gasteiger partial charge is 0.396 e. The molecular weight excluding hydrogens is 219 g/mol. The molecule has 0 radical (unpaired) electrons. The topological polar surface area (TPSA) is 101 Å². The first-order valence-corrected chi connectivity index (χ1v) is 6.35. The van der Waals surface area contributed by atoms with E-state index in [-0.39, 0.29) is 18.6 Å². The van der Waals surface area contributed by atoms with Gasteiger partial charge in [0.25, 0.3) is 0 Å². The Balaban J connectivity index is 0. The van der Waals surface area contributed by atoms with E-state index in [0.29, 0.717) is 0 Å². The van der Waals surface area contributed by atoms with Crippen molar-refractivity contribution in [3.05, 3.63) is 0 Å². The first-order chi connectivity index (χ1) is 6.99. The lowest BCUT2D eigenvalue weighted by Gasteiger charge is -2.18. The summed E-state index contributed by atoms with van der Waals surface area (Å²) in [6.07, 6.45) is 3.55. The van der Waals surface area contributed by atoms with Crippen molar-refractivity contribution in [2.24, 2.45) is 5.92 Å². The van der Waals surface area contributed by atoms with Crippen LogP contribution in [0.5, 0.6) is 0 Å². The summed E-state index contributed by atoms with van der Waals surface area (Å²) in [4.78, 5) is 21.7. The molecule has 94 valence electrons. The third kappa shape index (κ3) is 14.2. The Bertz CT molecular complexity index is 116. The van der Waals surface area contributed by atoms with Crippen LogP contribution < -0.4 is 0 Å². The van der Waals surface area contributed by atoms with E-state index in [1.54, 1.807) is 0 Å². The minimum atomic E-state index is -2.62. The van der Waals surface area contributed by atoms with Crippen LogP contribution in [0.15, 0.2) is 0 Å². The van der Waals surface area contributed by atoms with Crippen LogP contribution in [0.2, 0.25) is 0 Å². The molecule has 6 heteroatoms. The van der Waals surface area contributed by atoms with Crippen molar-refractivity contribution < 1.29 is 24.9 Å². The Kier molecular flexibility index (Phi) is 14.4.